The monoisotopic (exact) mass is 225 g/mol. The van der Waals surface area contributed by atoms with E-state index >= 15 is 0 Å². The normalized spacial score (nSPS) is 11.0. The molecule has 16 heavy (non-hydrogen) atoms. The Kier molecular flexibility index (Phi) is 2.11. The lowest BCUT2D eigenvalue weighted by atomic mass is 10.2. The second kappa shape index (κ2) is 3.61. The fraction of sp³-hybridized carbons (Fsp3) is 0. The summed E-state index contributed by atoms with van der Waals surface area (Å²) in [6.45, 7) is 0. The number of oxazole rings is 1. The molecule has 0 saturated carbocycles. The number of hydrogen-bond acceptors (Lipinski definition) is 2. The van der Waals surface area contributed by atoms with Crippen molar-refractivity contribution in [1.29, 1.82) is 0 Å². The zero-order valence-corrected chi connectivity index (χ0v) is 11.0. The van der Waals surface area contributed by atoms with Crippen LogP contribution in [0.15, 0.2) is 52.9 Å². The number of aromatic nitrogens is 1. The van der Waals surface area contributed by atoms with Crippen molar-refractivity contribution in [2.45, 2.75) is 0 Å². The van der Waals surface area contributed by atoms with Crippen molar-refractivity contribution in [3.8, 4) is 11.5 Å². The average Bonchev–Trinajstić information content (AvgIpc) is 2.73. The molecular weight excluding hydrogens is 214 g/mol. The van der Waals surface area contributed by atoms with Crippen LogP contribution < -0.4 is 5.19 Å². The van der Waals surface area contributed by atoms with Crippen LogP contribution in [0.4, 0.5) is 0 Å². The van der Waals surface area contributed by atoms with E-state index in [2.05, 4.69) is 29.2 Å². The van der Waals surface area contributed by atoms with Gasteiger partial charge in [-0.05, 0) is 24.3 Å². The van der Waals surface area contributed by atoms with Gasteiger partial charge in [0.25, 0.3) is 0 Å². The molecule has 0 saturated heterocycles. The summed E-state index contributed by atoms with van der Waals surface area (Å²) in [6.07, 6.45) is 0. The molecule has 3 rings (SSSR count). The van der Waals surface area contributed by atoms with Gasteiger partial charge in [0.05, 0.1) is 0 Å². The maximum atomic E-state index is 5.69. The molecule has 3 heteroatoms. The lowest BCUT2D eigenvalue weighted by molar-refractivity contribution is 0.620. The van der Waals surface area contributed by atoms with Crippen LogP contribution in [0.2, 0.25) is 0 Å². The number of fused-ring (bicyclic) bond motifs is 1. The van der Waals surface area contributed by atoms with Crippen LogP contribution in [0.5, 0.6) is 0 Å². The second-order valence-electron chi connectivity index (χ2n) is 3.85. The molecule has 0 amide bonds. The van der Waals surface area contributed by atoms with E-state index in [1.165, 1.54) is 5.19 Å². The standard InChI is InChI=1S/C13H11NOSi/c16-10-7-5-9(6-8-10)13-14-11-3-1-2-4-12(11)15-13/h1-8H,16H3. The van der Waals surface area contributed by atoms with Gasteiger partial charge in [-0.1, -0.05) is 29.5 Å². The summed E-state index contributed by atoms with van der Waals surface area (Å²) in [5, 5.41) is 1.37. The van der Waals surface area contributed by atoms with E-state index in [-0.39, 0.29) is 0 Å². The third-order valence-electron chi connectivity index (χ3n) is 2.59. The highest BCUT2D eigenvalue weighted by molar-refractivity contribution is 6.32. The SMILES string of the molecule is [SiH3]c1ccc(-c2nc3ccccc3o2)cc1. The second-order valence-corrected chi connectivity index (χ2v) is 5.01. The zero-order chi connectivity index (χ0) is 11.0. The molecule has 0 aliphatic rings. The van der Waals surface area contributed by atoms with Crippen molar-refractivity contribution in [3.05, 3.63) is 48.5 Å². The van der Waals surface area contributed by atoms with Crippen molar-refractivity contribution in [3.63, 3.8) is 0 Å². The van der Waals surface area contributed by atoms with E-state index in [1.807, 2.05) is 24.3 Å². The van der Waals surface area contributed by atoms with Crippen molar-refractivity contribution in [1.82, 2.24) is 4.98 Å². The largest absolute Gasteiger partial charge is 0.436 e. The average molecular weight is 225 g/mol. The van der Waals surface area contributed by atoms with Gasteiger partial charge in [0.1, 0.15) is 5.52 Å². The van der Waals surface area contributed by atoms with E-state index < -0.39 is 0 Å². The van der Waals surface area contributed by atoms with Gasteiger partial charge in [0.15, 0.2) is 5.58 Å². The molecular formula is C13H11NOSi. The molecule has 0 atom stereocenters. The van der Waals surface area contributed by atoms with Crippen LogP contribution in [0.1, 0.15) is 0 Å². The first-order valence-corrected chi connectivity index (χ1v) is 6.25. The molecule has 0 fully saturated rings. The van der Waals surface area contributed by atoms with E-state index in [9.17, 15) is 0 Å². The van der Waals surface area contributed by atoms with Gasteiger partial charge in [-0.15, -0.1) is 0 Å². The summed E-state index contributed by atoms with van der Waals surface area (Å²) >= 11 is 0. The number of benzene rings is 2. The first-order chi connectivity index (χ1) is 7.83. The lowest BCUT2D eigenvalue weighted by Crippen LogP contribution is -1.99. The van der Waals surface area contributed by atoms with Gasteiger partial charge >= 0.3 is 0 Å². The molecule has 0 bridgehead atoms. The molecule has 0 radical (unpaired) electrons. The van der Waals surface area contributed by atoms with Crippen LogP contribution in [0.25, 0.3) is 22.6 Å². The summed E-state index contributed by atoms with van der Waals surface area (Å²) in [5.74, 6) is 0.697. The van der Waals surface area contributed by atoms with Crippen molar-refractivity contribution < 1.29 is 4.42 Å². The summed E-state index contributed by atoms with van der Waals surface area (Å²) in [5.41, 5.74) is 2.79. The first kappa shape index (κ1) is 9.36. The molecule has 0 N–H and O–H groups in total. The molecule has 1 aromatic heterocycles. The fourth-order valence-electron chi connectivity index (χ4n) is 1.69. The lowest BCUT2D eigenvalue weighted by Gasteiger charge is -1.95. The topological polar surface area (TPSA) is 26.0 Å². The van der Waals surface area contributed by atoms with Crippen molar-refractivity contribution in [2.24, 2.45) is 0 Å². The number of nitrogens with zero attached hydrogens (tertiary/aromatic N) is 1. The van der Waals surface area contributed by atoms with Crippen molar-refractivity contribution in [2.75, 3.05) is 0 Å². The van der Waals surface area contributed by atoms with E-state index in [0.29, 0.717) is 5.89 Å². The van der Waals surface area contributed by atoms with Crippen LogP contribution in [0, 0.1) is 0 Å². The zero-order valence-electron chi connectivity index (χ0n) is 8.97. The quantitative estimate of drug-likeness (QED) is 0.586. The van der Waals surface area contributed by atoms with Crippen LogP contribution in [-0.4, -0.2) is 15.2 Å². The Morgan fingerprint density at radius 1 is 0.938 bits per heavy atom. The molecule has 1 heterocycles. The minimum Gasteiger partial charge on any atom is -0.436 e. The van der Waals surface area contributed by atoms with Crippen LogP contribution in [-0.2, 0) is 0 Å². The predicted molar refractivity (Wildman–Crippen MR) is 69.0 cm³/mol. The number of para-hydroxylation sites is 2. The molecule has 3 aromatic rings. The van der Waals surface area contributed by atoms with Gasteiger partial charge in [-0.3, -0.25) is 0 Å². The maximum absolute atomic E-state index is 5.69. The van der Waals surface area contributed by atoms with Gasteiger partial charge < -0.3 is 4.42 Å². The van der Waals surface area contributed by atoms with Gasteiger partial charge in [0, 0.05) is 15.8 Å². The summed E-state index contributed by atoms with van der Waals surface area (Å²) < 4.78 is 5.69. The Balaban J connectivity index is 2.15. The molecule has 0 aliphatic heterocycles. The first-order valence-electron chi connectivity index (χ1n) is 5.25. The summed E-state index contributed by atoms with van der Waals surface area (Å²) in [6, 6.07) is 16.2. The third-order valence-corrected chi connectivity index (χ3v) is 3.26. The minimum absolute atomic E-state index is 0.697. The Morgan fingerprint density at radius 2 is 1.69 bits per heavy atom. The Morgan fingerprint density at radius 3 is 2.44 bits per heavy atom. The maximum Gasteiger partial charge on any atom is 0.227 e. The van der Waals surface area contributed by atoms with E-state index in [1.54, 1.807) is 0 Å². The van der Waals surface area contributed by atoms with E-state index in [4.69, 9.17) is 4.42 Å². The van der Waals surface area contributed by atoms with E-state index in [0.717, 1.165) is 26.9 Å². The molecule has 2 aromatic carbocycles. The van der Waals surface area contributed by atoms with Gasteiger partial charge in [-0.2, -0.15) is 0 Å². The molecule has 0 spiro atoms. The van der Waals surface area contributed by atoms with Gasteiger partial charge in [0.2, 0.25) is 5.89 Å². The highest BCUT2D eigenvalue weighted by Gasteiger charge is 2.06. The third kappa shape index (κ3) is 1.55. The minimum atomic E-state index is 0.697. The fourth-order valence-corrected chi connectivity index (χ4v) is 2.03. The molecule has 2 nitrogen and oxygen atoms in total. The highest BCUT2D eigenvalue weighted by Crippen LogP contribution is 2.22. The molecule has 0 aliphatic carbocycles. The summed E-state index contributed by atoms with van der Waals surface area (Å²) in [7, 11) is 1.08. The summed E-state index contributed by atoms with van der Waals surface area (Å²) in [4.78, 5) is 4.46. The van der Waals surface area contributed by atoms with Crippen molar-refractivity contribution >= 4 is 26.5 Å². The van der Waals surface area contributed by atoms with Crippen LogP contribution in [0.3, 0.4) is 0 Å². The Hall–Kier alpha value is -1.87. The predicted octanol–water partition coefficient (Wildman–Crippen LogP) is 1.49. The van der Waals surface area contributed by atoms with Crippen LogP contribution >= 0.6 is 0 Å². The number of rotatable bonds is 1. The Bertz CT molecular complexity index is 595. The number of hydrogen-bond donors (Lipinski definition) is 0. The van der Waals surface area contributed by atoms with Gasteiger partial charge in [-0.25, -0.2) is 4.98 Å². The molecule has 78 valence electrons. The Labute approximate surface area is 96.4 Å². The highest BCUT2D eigenvalue weighted by atomic mass is 28.1. The molecule has 0 unspecified atom stereocenters. The smallest absolute Gasteiger partial charge is 0.227 e.